The minimum atomic E-state index is -0.343. The van der Waals surface area contributed by atoms with Gasteiger partial charge in [-0.3, -0.25) is 9.59 Å². The maximum absolute atomic E-state index is 13.2. The van der Waals surface area contributed by atoms with Gasteiger partial charge in [0.1, 0.15) is 23.1 Å². The second kappa shape index (κ2) is 11.2. The van der Waals surface area contributed by atoms with Gasteiger partial charge in [0.15, 0.2) is 5.78 Å². The standard InChI is InChI=1S/C25H28FN3O3/c1-3-4-5-16-32-21-12-8-18(9-13-21)22(30)14-15-23(31)28-25-24(27-17-29(25)2)19-6-10-20(26)11-7-19/h6-13,17H,3-5,14-16H2,1-2H3,(H,28,31). The van der Waals surface area contributed by atoms with Gasteiger partial charge in [0.05, 0.1) is 12.9 Å². The largest absolute Gasteiger partial charge is 0.494 e. The van der Waals surface area contributed by atoms with Crippen LogP contribution in [-0.2, 0) is 11.8 Å². The molecule has 0 unspecified atom stereocenters. The van der Waals surface area contributed by atoms with E-state index in [-0.39, 0.29) is 30.3 Å². The Kier molecular flexibility index (Phi) is 8.14. The number of hydrogen-bond donors (Lipinski definition) is 1. The molecule has 0 aliphatic carbocycles. The molecule has 3 aromatic rings. The molecular formula is C25H28FN3O3. The zero-order valence-electron chi connectivity index (χ0n) is 18.4. The summed E-state index contributed by atoms with van der Waals surface area (Å²) < 4.78 is 20.5. The number of imidazole rings is 1. The number of anilines is 1. The minimum absolute atomic E-state index is 0.0438. The lowest BCUT2D eigenvalue weighted by molar-refractivity contribution is -0.116. The van der Waals surface area contributed by atoms with Gasteiger partial charge in [-0.1, -0.05) is 19.8 Å². The van der Waals surface area contributed by atoms with Crippen LogP contribution < -0.4 is 10.1 Å². The van der Waals surface area contributed by atoms with Gasteiger partial charge in [0, 0.05) is 31.0 Å². The number of ether oxygens (including phenoxy) is 1. The number of carbonyl (C=O) groups excluding carboxylic acids is 2. The molecule has 0 radical (unpaired) electrons. The Morgan fingerprint density at radius 2 is 1.75 bits per heavy atom. The van der Waals surface area contributed by atoms with Crippen LogP contribution in [0.4, 0.5) is 10.2 Å². The number of unbranched alkanes of at least 4 members (excludes halogenated alkanes) is 2. The Balaban J connectivity index is 1.53. The monoisotopic (exact) mass is 437 g/mol. The molecule has 1 amide bonds. The van der Waals surface area contributed by atoms with Gasteiger partial charge in [-0.15, -0.1) is 0 Å². The molecule has 3 rings (SSSR count). The lowest BCUT2D eigenvalue weighted by Crippen LogP contribution is -2.16. The first kappa shape index (κ1) is 23.2. The van der Waals surface area contributed by atoms with Gasteiger partial charge in [0.2, 0.25) is 5.91 Å². The molecule has 1 N–H and O–H groups in total. The van der Waals surface area contributed by atoms with E-state index in [9.17, 15) is 14.0 Å². The summed E-state index contributed by atoms with van der Waals surface area (Å²) in [7, 11) is 1.76. The van der Waals surface area contributed by atoms with Crippen LogP contribution in [0.2, 0.25) is 0 Å². The molecule has 0 saturated carbocycles. The molecule has 7 heteroatoms. The third-order valence-electron chi connectivity index (χ3n) is 5.08. The molecular weight excluding hydrogens is 409 g/mol. The highest BCUT2D eigenvalue weighted by atomic mass is 19.1. The quantitative estimate of drug-likeness (QED) is 0.322. The van der Waals surface area contributed by atoms with Gasteiger partial charge in [-0.25, -0.2) is 9.37 Å². The van der Waals surface area contributed by atoms with Crippen molar-refractivity contribution in [3.8, 4) is 17.0 Å². The number of nitrogens with zero attached hydrogens (tertiary/aromatic N) is 2. The van der Waals surface area contributed by atoms with Crippen LogP contribution in [0.5, 0.6) is 5.75 Å². The zero-order chi connectivity index (χ0) is 22.9. The molecule has 168 valence electrons. The summed E-state index contributed by atoms with van der Waals surface area (Å²) in [5.74, 6) is 0.492. The van der Waals surface area contributed by atoms with Gasteiger partial charge < -0.3 is 14.6 Å². The van der Waals surface area contributed by atoms with Crippen molar-refractivity contribution >= 4 is 17.5 Å². The van der Waals surface area contributed by atoms with Crippen LogP contribution >= 0.6 is 0 Å². The number of ketones is 1. The van der Waals surface area contributed by atoms with E-state index in [0.717, 1.165) is 25.0 Å². The fraction of sp³-hybridized carbons (Fsp3) is 0.320. The van der Waals surface area contributed by atoms with E-state index in [2.05, 4.69) is 17.2 Å². The number of rotatable bonds is 11. The van der Waals surface area contributed by atoms with Crippen LogP contribution in [0.3, 0.4) is 0 Å². The maximum Gasteiger partial charge on any atom is 0.225 e. The van der Waals surface area contributed by atoms with Gasteiger partial charge in [-0.2, -0.15) is 0 Å². The summed E-state index contributed by atoms with van der Waals surface area (Å²) in [5, 5.41) is 2.82. The first-order valence-electron chi connectivity index (χ1n) is 10.8. The Labute approximate surface area is 187 Å². The number of aromatic nitrogens is 2. The minimum Gasteiger partial charge on any atom is -0.494 e. The van der Waals surface area contributed by atoms with E-state index in [1.165, 1.54) is 12.1 Å². The van der Waals surface area contributed by atoms with Crippen molar-refractivity contribution in [1.82, 2.24) is 9.55 Å². The number of carbonyl (C=O) groups is 2. The Bertz CT molecular complexity index is 1040. The highest BCUT2D eigenvalue weighted by Gasteiger charge is 2.16. The molecule has 2 aromatic carbocycles. The number of aryl methyl sites for hydroxylation is 1. The second-order valence-corrected chi connectivity index (χ2v) is 7.61. The fourth-order valence-electron chi connectivity index (χ4n) is 3.24. The number of halogens is 1. The second-order valence-electron chi connectivity index (χ2n) is 7.61. The summed E-state index contributed by atoms with van der Waals surface area (Å²) >= 11 is 0. The summed E-state index contributed by atoms with van der Waals surface area (Å²) in [6, 6.07) is 12.9. The van der Waals surface area contributed by atoms with E-state index < -0.39 is 0 Å². The van der Waals surface area contributed by atoms with Crippen molar-refractivity contribution in [2.24, 2.45) is 7.05 Å². The summed E-state index contributed by atoms with van der Waals surface area (Å²) in [6.07, 6.45) is 4.98. The Morgan fingerprint density at radius 3 is 2.44 bits per heavy atom. The average Bonchev–Trinajstić information content (AvgIpc) is 3.16. The van der Waals surface area contributed by atoms with Crippen LogP contribution in [0, 0.1) is 5.82 Å². The van der Waals surface area contributed by atoms with Crippen molar-refractivity contribution in [2.75, 3.05) is 11.9 Å². The molecule has 0 aliphatic rings. The summed E-state index contributed by atoms with van der Waals surface area (Å²) in [4.78, 5) is 29.3. The number of amides is 1. The van der Waals surface area contributed by atoms with E-state index >= 15 is 0 Å². The summed E-state index contributed by atoms with van der Waals surface area (Å²) in [5.41, 5.74) is 1.78. The van der Waals surface area contributed by atoms with Gasteiger partial charge in [0.25, 0.3) is 0 Å². The number of nitrogens with one attached hydrogen (secondary N) is 1. The van der Waals surface area contributed by atoms with Gasteiger partial charge in [-0.05, 0) is 55.0 Å². The average molecular weight is 438 g/mol. The van der Waals surface area contributed by atoms with Crippen molar-refractivity contribution in [3.05, 3.63) is 66.2 Å². The molecule has 0 atom stereocenters. The van der Waals surface area contributed by atoms with Crippen molar-refractivity contribution in [1.29, 1.82) is 0 Å². The molecule has 32 heavy (non-hydrogen) atoms. The number of Topliss-reactive ketones (excluding diaryl/α,β-unsaturated/α-hetero) is 1. The van der Waals surface area contributed by atoms with Crippen LogP contribution in [0.1, 0.15) is 49.4 Å². The van der Waals surface area contributed by atoms with E-state index in [1.54, 1.807) is 54.3 Å². The van der Waals surface area contributed by atoms with E-state index in [1.807, 2.05) is 0 Å². The van der Waals surface area contributed by atoms with Crippen LogP contribution in [0.15, 0.2) is 54.9 Å². The Hall–Kier alpha value is -3.48. The highest BCUT2D eigenvalue weighted by Crippen LogP contribution is 2.26. The number of benzene rings is 2. The SMILES string of the molecule is CCCCCOc1ccc(C(=O)CCC(=O)Nc2c(-c3ccc(F)cc3)ncn2C)cc1. The normalized spacial score (nSPS) is 10.7. The molecule has 1 aromatic heterocycles. The van der Waals surface area contributed by atoms with E-state index in [4.69, 9.17) is 4.74 Å². The molecule has 0 saturated heterocycles. The maximum atomic E-state index is 13.2. The zero-order valence-corrected chi connectivity index (χ0v) is 18.4. The third-order valence-corrected chi connectivity index (χ3v) is 5.08. The smallest absolute Gasteiger partial charge is 0.225 e. The molecule has 0 bridgehead atoms. The van der Waals surface area contributed by atoms with Gasteiger partial charge >= 0.3 is 0 Å². The first-order valence-corrected chi connectivity index (χ1v) is 10.8. The predicted molar refractivity (Wildman–Crippen MR) is 122 cm³/mol. The van der Waals surface area contributed by atoms with Crippen molar-refractivity contribution in [2.45, 2.75) is 39.0 Å². The third kappa shape index (κ3) is 6.26. The molecule has 6 nitrogen and oxygen atoms in total. The molecule has 1 heterocycles. The van der Waals surface area contributed by atoms with Crippen molar-refractivity contribution < 1.29 is 18.7 Å². The number of hydrogen-bond acceptors (Lipinski definition) is 4. The Morgan fingerprint density at radius 1 is 1.03 bits per heavy atom. The lowest BCUT2D eigenvalue weighted by atomic mass is 10.1. The molecule has 0 fully saturated rings. The molecule has 0 spiro atoms. The first-order chi connectivity index (χ1) is 15.5. The summed E-state index contributed by atoms with van der Waals surface area (Å²) in [6.45, 7) is 2.80. The van der Waals surface area contributed by atoms with Crippen molar-refractivity contribution in [3.63, 3.8) is 0 Å². The van der Waals surface area contributed by atoms with Crippen LogP contribution in [-0.4, -0.2) is 27.8 Å². The predicted octanol–water partition coefficient (Wildman–Crippen LogP) is 5.40. The highest BCUT2D eigenvalue weighted by molar-refractivity contribution is 6.00. The van der Waals surface area contributed by atoms with Crippen LogP contribution in [0.25, 0.3) is 11.3 Å². The topological polar surface area (TPSA) is 73.2 Å². The fourth-order valence-corrected chi connectivity index (χ4v) is 3.24. The van der Waals surface area contributed by atoms with E-state index in [0.29, 0.717) is 29.2 Å². The molecule has 0 aliphatic heterocycles. The lowest BCUT2D eigenvalue weighted by Gasteiger charge is -2.09.